The molecule has 0 bridgehead atoms. The highest BCUT2D eigenvalue weighted by molar-refractivity contribution is 7.80. The van der Waals surface area contributed by atoms with E-state index in [9.17, 15) is 14.9 Å². The number of thiocarbonyl (C=S) groups is 1. The number of fused-ring (bicyclic) bond motifs is 1. The lowest BCUT2D eigenvalue weighted by Crippen LogP contribution is -2.52. The summed E-state index contributed by atoms with van der Waals surface area (Å²) in [5.74, 6) is -0.264. The molecule has 7 nitrogen and oxygen atoms in total. The molecule has 31 heavy (non-hydrogen) atoms. The Balaban J connectivity index is 1.40. The average Bonchev–Trinajstić information content (AvgIpc) is 2.78. The number of nitrogens with one attached hydrogen (secondary N) is 1. The number of hydrogen-bond donors (Lipinski definition) is 1. The zero-order valence-electron chi connectivity index (χ0n) is 16.5. The fraction of sp³-hybridized carbons (Fsp3) is 0.182. The Morgan fingerprint density at radius 3 is 2.42 bits per heavy atom. The molecule has 1 heterocycles. The van der Waals surface area contributed by atoms with Gasteiger partial charge < -0.3 is 9.80 Å². The van der Waals surface area contributed by atoms with Crippen molar-refractivity contribution < 1.29 is 9.72 Å². The lowest BCUT2D eigenvalue weighted by molar-refractivity contribution is -0.384. The summed E-state index contributed by atoms with van der Waals surface area (Å²) >= 11 is 11.7. The summed E-state index contributed by atoms with van der Waals surface area (Å²) in [6, 6.07) is 18.0. The Morgan fingerprint density at radius 2 is 1.71 bits per heavy atom. The van der Waals surface area contributed by atoms with E-state index in [4.69, 9.17) is 23.8 Å². The number of benzene rings is 3. The molecule has 0 atom stereocenters. The van der Waals surface area contributed by atoms with Gasteiger partial charge in [0.15, 0.2) is 5.11 Å². The van der Waals surface area contributed by atoms with Crippen molar-refractivity contribution in [2.45, 2.75) is 0 Å². The molecule has 0 saturated carbocycles. The molecule has 1 aliphatic rings. The first kappa shape index (κ1) is 21.0. The van der Waals surface area contributed by atoms with Crippen LogP contribution in [0.4, 0.5) is 11.4 Å². The normalized spacial score (nSPS) is 13.8. The van der Waals surface area contributed by atoms with E-state index in [1.165, 1.54) is 6.07 Å². The molecular formula is C22H19ClN4O3S. The van der Waals surface area contributed by atoms with Crippen molar-refractivity contribution in [3.63, 3.8) is 0 Å². The predicted octanol–water partition coefficient (Wildman–Crippen LogP) is 4.24. The standard InChI is InChI=1S/C22H19ClN4O3S/c23-18-6-3-7-19(27(29)30)20(18)25-10-12-26(13-11-25)22(31)24-21(28)17-9-8-15-4-1-2-5-16(15)14-17/h1-9,14H,10-13H2,(H,24,28,31). The number of piperazine rings is 1. The van der Waals surface area contributed by atoms with Crippen LogP contribution in [0.2, 0.25) is 5.02 Å². The number of halogens is 1. The van der Waals surface area contributed by atoms with Crippen LogP contribution in [0.15, 0.2) is 60.7 Å². The Labute approximate surface area is 189 Å². The molecule has 0 unspecified atom stereocenters. The van der Waals surface area contributed by atoms with Gasteiger partial charge in [0.1, 0.15) is 5.69 Å². The van der Waals surface area contributed by atoms with Crippen molar-refractivity contribution in [1.82, 2.24) is 10.2 Å². The molecule has 3 aromatic rings. The van der Waals surface area contributed by atoms with Crippen molar-refractivity contribution in [2.75, 3.05) is 31.1 Å². The number of para-hydroxylation sites is 1. The number of nitro groups is 1. The number of nitro benzene ring substituents is 1. The van der Waals surface area contributed by atoms with Gasteiger partial charge in [0.25, 0.3) is 11.6 Å². The van der Waals surface area contributed by atoms with Gasteiger partial charge in [-0.3, -0.25) is 20.2 Å². The largest absolute Gasteiger partial charge is 0.361 e. The Bertz CT molecular complexity index is 1180. The minimum absolute atomic E-state index is 0.0202. The SMILES string of the molecule is O=C(NC(=S)N1CCN(c2c(Cl)cccc2[N+](=O)[O-])CC1)c1ccc2ccccc2c1. The first-order valence-corrected chi connectivity index (χ1v) is 10.5. The molecule has 0 radical (unpaired) electrons. The number of amides is 1. The van der Waals surface area contributed by atoms with Gasteiger partial charge >= 0.3 is 0 Å². The van der Waals surface area contributed by atoms with Crippen molar-refractivity contribution in [2.24, 2.45) is 0 Å². The second-order valence-electron chi connectivity index (χ2n) is 7.16. The van der Waals surface area contributed by atoms with Gasteiger partial charge in [-0.2, -0.15) is 0 Å². The summed E-state index contributed by atoms with van der Waals surface area (Å²) in [5.41, 5.74) is 0.930. The van der Waals surface area contributed by atoms with Gasteiger partial charge in [0, 0.05) is 37.8 Å². The summed E-state index contributed by atoms with van der Waals surface area (Å²) in [4.78, 5) is 27.4. The van der Waals surface area contributed by atoms with Crippen LogP contribution in [0.5, 0.6) is 0 Å². The number of hydrogen-bond acceptors (Lipinski definition) is 5. The van der Waals surface area contributed by atoms with Crippen LogP contribution in [0.1, 0.15) is 10.4 Å². The molecule has 4 rings (SSSR count). The van der Waals surface area contributed by atoms with Crippen LogP contribution >= 0.6 is 23.8 Å². The number of carbonyl (C=O) groups excluding carboxylic acids is 1. The van der Waals surface area contributed by atoms with Crippen molar-refractivity contribution in [3.05, 3.63) is 81.4 Å². The summed E-state index contributed by atoms with van der Waals surface area (Å²) in [5, 5.41) is 16.9. The molecular weight excluding hydrogens is 436 g/mol. The lowest BCUT2D eigenvalue weighted by atomic mass is 10.1. The fourth-order valence-electron chi connectivity index (χ4n) is 3.68. The van der Waals surface area contributed by atoms with Gasteiger partial charge in [0.2, 0.25) is 0 Å². The first-order chi connectivity index (χ1) is 14.9. The highest BCUT2D eigenvalue weighted by Crippen LogP contribution is 2.35. The molecule has 1 saturated heterocycles. The third kappa shape index (κ3) is 4.45. The highest BCUT2D eigenvalue weighted by Gasteiger charge is 2.27. The van der Waals surface area contributed by atoms with Gasteiger partial charge in [0.05, 0.1) is 9.95 Å². The topological polar surface area (TPSA) is 78.7 Å². The maximum Gasteiger partial charge on any atom is 0.294 e. The number of carbonyl (C=O) groups is 1. The van der Waals surface area contributed by atoms with Crippen LogP contribution < -0.4 is 10.2 Å². The van der Waals surface area contributed by atoms with E-state index >= 15 is 0 Å². The van der Waals surface area contributed by atoms with Gasteiger partial charge in [-0.1, -0.05) is 48.0 Å². The molecule has 0 aliphatic carbocycles. The summed E-state index contributed by atoms with van der Waals surface area (Å²) in [6.45, 7) is 2.02. The van der Waals surface area contributed by atoms with Gasteiger partial charge in [-0.15, -0.1) is 0 Å². The van der Waals surface area contributed by atoms with Crippen molar-refractivity contribution in [1.29, 1.82) is 0 Å². The van der Waals surface area contributed by atoms with E-state index < -0.39 is 4.92 Å². The second-order valence-corrected chi connectivity index (χ2v) is 7.95. The van der Waals surface area contributed by atoms with E-state index in [1.54, 1.807) is 18.2 Å². The van der Waals surface area contributed by atoms with E-state index in [1.807, 2.05) is 46.2 Å². The molecule has 0 spiro atoms. The monoisotopic (exact) mass is 454 g/mol. The maximum atomic E-state index is 12.7. The van der Waals surface area contributed by atoms with Crippen LogP contribution in [0.25, 0.3) is 10.8 Å². The molecule has 0 aromatic heterocycles. The highest BCUT2D eigenvalue weighted by atomic mass is 35.5. The van der Waals surface area contributed by atoms with Crippen LogP contribution in [0, 0.1) is 10.1 Å². The average molecular weight is 455 g/mol. The predicted molar refractivity (Wildman–Crippen MR) is 126 cm³/mol. The van der Waals surface area contributed by atoms with E-state index in [0.717, 1.165) is 10.8 Å². The summed E-state index contributed by atoms with van der Waals surface area (Å²) in [7, 11) is 0. The smallest absolute Gasteiger partial charge is 0.294 e. The van der Waals surface area contributed by atoms with Crippen molar-refractivity contribution >= 4 is 57.0 Å². The number of rotatable bonds is 3. The van der Waals surface area contributed by atoms with E-state index in [-0.39, 0.29) is 11.6 Å². The minimum Gasteiger partial charge on any atom is -0.361 e. The molecule has 158 valence electrons. The second kappa shape index (κ2) is 8.87. The molecule has 9 heteroatoms. The van der Waals surface area contributed by atoms with E-state index in [2.05, 4.69) is 5.32 Å². The van der Waals surface area contributed by atoms with Crippen LogP contribution in [-0.4, -0.2) is 47.0 Å². The molecule has 1 fully saturated rings. The number of anilines is 1. The van der Waals surface area contributed by atoms with E-state index in [0.29, 0.717) is 47.6 Å². The third-order valence-electron chi connectivity index (χ3n) is 5.28. The van der Waals surface area contributed by atoms with Crippen LogP contribution in [0.3, 0.4) is 0 Å². The maximum absolute atomic E-state index is 12.7. The Kier molecular flexibility index (Phi) is 6.01. The Hall–Kier alpha value is -3.23. The van der Waals surface area contributed by atoms with Crippen molar-refractivity contribution in [3.8, 4) is 0 Å². The lowest BCUT2D eigenvalue weighted by Gasteiger charge is -2.37. The summed E-state index contributed by atoms with van der Waals surface area (Å²) < 4.78 is 0. The number of nitrogens with zero attached hydrogens (tertiary/aromatic N) is 3. The molecule has 1 amide bonds. The third-order valence-corrected chi connectivity index (χ3v) is 5.94. The quantitative estimate of drug-likeness (QED) is 0.362. The van der Waals surface area contributed by atoms with Gasteiger partial charge in [-0.05, 0) is 41.2 Å². The minimum atomic E-state index is -0.429. The zero-order chi connectivity index (χ0) is 22.0. The molecule has 1 N–H and O–H groups in total. The first-order valence-electron chi connectivity index (χ1n) is 9.71. The zero-order valence-corrected chi connectivity index (χ0v) is 18.0. The fourth-order valence-corrected chi connectivity index (χ4v) is 4.24. The van der Waals surface area contributed by atoms with Crippen LogP contribution in [-0.2, 0) is 0 Å². The van der Waals surface area contributed by atoms with Gasteiger partial charge in [-0.25, -0.2) is 0 Å². The molecule has 1 aliphatic heterocycles. The molecule has 3 aromatic carbocycles. The summed E-state index contributed by atoms with van der Waals surface area (Å²) in [6.07, 6.45) is 0. The Morgan fingerprint density at radius 1 is 1.00 bits per heavy atom.